The summed E-state index contributed by atoms with van der Waals surface area (Å²) in [6, 6.07) is 0.0129. The highest BCUT2D eigenvalue weighted by Crippen LogP contribution is 2.22. The van der Waals surface area contributed by atoms with Crippen LogP contribution in [0.15, 0.2) is 0 Å². The van der Waals surface area contributed by atoms with Crippen molar-refractivity contribution in [2.24, 2.45) is 0 Å². The van der Waals surface area contributed by atoms with E-state index in [4.69, 9.17) is 5.11 Å². The van der Waals surface area contributed by atoms with Crippen LogP contribution < -0.4 is 5.32 Å². The van der Waals surface area contributed by atoms with Crippen molar-refractivity contribution in [2.45, 2.75) is 37.9 Å². The number of rotatable bonds is 8. The van der Waals surface area contributed by atoms with Crippen LogP contribution in [0, 0.1) is 0 Å². The number of nitrogens with zero attached hydrogens (tertiary/aromatic N) is 1. The molecule has 1 heterocycles. The van der Waals surface area contributed by atoms with Gasteiger partial charge in [0.25, 0.3) is 0 Å². The second-order valence-electron chi connectivity index (χ2n) is 4.91. The Morgan fingerprint density at radius 3 is 2.55 bits per heavy atom. The molecule has 2 N–H and O–H groups in total. The average molecular weight is 318 g/mol. The fourth-order valence-electron chi connectivity index (χ4n) is 2.20. The molecular weight excluding hydrogens is 297 g/mol. The predicted molar refractivity (Wildman–Crippen MR) is 68.8 cm³/mol. The number of nitrogens with one attached hydrogen (secondary N) is 1. The maximum atomic E-state index is 12.0. The number of alkyl halides is 3. The molecule has 0 spiro atoms. The van der Waals surface area contributed by atoms with Crippen molar-refractivity contribution in [2.75, 3.05) is 32.0 Å². The molecule has 20 heavy (non-hydrogen) atoms. The van der Waals surface area contributed by atoms with Gasteiger partial charge in [0, 0.05) is 25.6 Å². The Balaban J connectivity index is 2.53. The van der Waals surface area contributed by atoms with Crippen molar-refractivity contribution in [3.63, 3.8) is 0 Å². The van der Waals surface area contributed by atoms with Crippen LogP contribution >= 0.6 is 0 Å². The monoisotopic (exact) mass is 318 g/mol. The normalized spacial score (nSPS) is 20.8. The third-order valence-corrected chi connectivity index (χ3v) is 5.11. The molecule has 5 nitrogen and oxygen atoms in total. The summed E-state index contributed by atoms with van der Waals surface area (Å²) in [6.45, 7) is 0.596. The quantitative estimate of drug-likeness (QED) is 0.691. The van der Waals surface area contributed by atoms with Crippen LogP contribution in [0.4, 0.5) is 13.2 Å². The molecule has 0 aromatic heterocycles. The van der Waals surface area contributed by atoms with Crippen LogP contribution in [0.5, 0.6) is 0 Å². The van der Waals surface area contributed by atoms with Gasteiger partial charge in [0.05, 0.1) is 12.4 Å². The van der Waals surface area contributed by atoms with Crippen LogP contribution in [0.2, 0.25) is 0 Å². The van der Waals surface area contributed by atoms with Crippen LogP contribution in [-0.4, -0.2) is 62.0 Å². The highest BCUT2D eigenvalue weighted by atomic mass is 32.2. The number of sulfonamides is 1. The summed E-state index contributed by atoms with van der Waals surface area (Å²) in [5.74, 6) is -0.542. The first kappa shape index (κ1) is 17.7. The number of aliphatic hydroxyl groups is 1. The largest absolute Gasteiger partial charge is 0.395 e. The Hall–Kier alpha value is -0.380. The first-order valence-electron chi connectivity index (χ1n) is 6.63. The Bertz CT molecular complexity index is 381. The van der Waals surface area contributed by atoms with E-state index in [-0.39, 0.29) is 25.7 Å². The zero-order valence-electron chi connectivity index (χ0n) is 11.2. The van der Waals surface area contributed by atoms with Crippen LogP contribution in [0.1, 0.15) is 25.7 Å². The summed E-state index contributed by atoms with van der Waals surface area (Å²) in [4.78, 5) is 0. The Kier molecular flexibility index (Phi) is 6.70. The summed E-state index contributed by atoms with van der Waals surface area (Å²) in [6.07, 6.45) is -4.12. The topological polar surface area (TPSA) is 69.6 Å². The summed E-state index contributed by atoms with van der Waals surface area (Å²) >= 11 is 0. The molecule has 0 radical (unpaired) electrons. The maximum absolute atomic E-state index is 12.0. The van der Waals surface area contributed by atoms with Gasteiger partial charge >= 0.3 is 6.18 Å². The summed E-state index contributed by atoms with van der Waals surface area (Å²) in [5, 5.41) is 12.1. The molecule has 0 bridgehead atoms. The van der Waals surface area contributed by atoms with E-state index in [1.807, 2.05) is 0 Å². The van der Waals surface area contributed by atoms with Crippen LogP contribution in [0.25, 0.3) is 0 Å². The van der Waals surface area contributed by atoms with E-state index in [1.54, 1.807) is 0 Å². The van der Waals surface area contributed by atoms with Crippen molar-refractivity contribution in [3.05, 3.63) is 0 Å². The molecule has 120 valence electrons. The molecule has 0 saturated carbocycles. The molecule has 1 aliphatic heterocycles. The number of aliphatic hydroxyl groups excluding tert-OH is 1. The van der Waals surface area contributed by atoms with Gasteiger partial charge in [0.15, 0.2) is 0 Å². The van der Waals surface area contributed by atoms with Gasteiger partial charge in [-0.3, -0.25) is 0 Å². The van der Waals surface area contributed by atoms with E-state index >= 15 is 0 Å². The molecule has 0 aromatic rings. The highest BCUT2D eigenvalue weighted by molar-refractivity contribution is 7.89. The number of halogens is 3. The maximum Gasteiger partial charge on any atom is 0.389 e. The molecule has 1 saturated heterocycles. The van der Waals surface area contributed by atoms with Crippen molar-refractivity contribution in [1.29, 1.82) is 0 Å². The van der Waals surface area contributed by atoms with Gasteiger partial charge in [-0.1, -0.05) is 0 Å². The van der Waals surface area contributed by atoms with E-state index in [0.717, 1.165) is 23.7 Å². The summed E-state index contributed by atoms with van der Waals surface area (Å²) in [7, 11) is -3.76. The predicted octanol–water partition coefficient (Wildman–Crippen LogP) is 0.705. The lowest BCUT2D eigenvalue weighted by Gasteiger charge is -2.24. The van der Waals surface area contributed by atoms with Crippen LogP contribution in [-0.2, 0) is 10.0 Å². The highest BCUT2D eigenvalue weighted by Gasteiger charge is 2.30. The lowest BCUT2D eigenvalue weighted by molar-refractivity contribution is -0.134. The van der Waals surface area contributed by atoms with E-state index in [0.29, 0.717) is 0 Å². The van der Waals surface area contributed by atoms with Gasteiger partial charge in [-0.25, -0.2) is 8.42 Å². The summed E-state index contributed by atoms with van der Waals surface area (Å²) in [5.41, 5.74) is 0. The molecule has 1 atom stereocenters. The summed E-state index contributed by atoms with van der Waals surface area (Å²) < 4.78 is 61.3. The SMILES string of the molecule is O=S(=O)(CCCC(F)(F)F)N(CCO)CC1CCCN1. The smallest absolute Gasteiger partial charge is 0.389 e. The number of hydrogen-bond acceptors (Lipinski definition) is 4. The standard InChI is InChI=1S/C11H21F3N2O3S/c12-11(13,14)4-2-8-20(18,19)16(6-7-17)9-10-3-1-5-15-10/h10,15,17H,1-9H2. The molecule has 1 fully saturated rings. The van der Waals surface area contributed by atoms with Crippen molar-refractivity contribution < 1.29 is 26.7 Å². The minimum absolute atomic E-state index is 0.0129. The van der Waals surface area contributed by atoms with Gasteiger partial charge in [0.2, 0.25) is 10.0 Å². The molecule has 9 heteroatoms. The van der Waals surface area contributed by atoms with Gasteiger partial charge in [-0.05, 0) is 25.8 Å². The molecule has 0 aromatic carbocycles. The van der Waals surface area contributed by atoms with E-state index in [1.165, 1.54) is 0 Å². The first-order valence-corrected chi connectivity index (χ1v) is 8.24. The molecular formula is C11H21F3N2O3S. The fourth-order valence-corrected chi connectivity index (χ4v) is 3.73. The van der Waals surface area contributed by atoms with Crippen molar-refractivity contribution >= 4 is 10.0 Å². The minimum Gasteiger partial charge on any atom is -0.395 e. The third-order valence-electron chi connectivity index (χ3n) is 3.19. The zero-order valence-corrected chi connectivity index (χ0v) is 12.0. The Labute approximate surface area is 117 Å². The number of hydrogen-bond donors (Lipinski definition) is 2. The zero-order chi connectivity index (χ0) is 15.2. The third kappa shape index (κ3) is 6.38. The van der Waals surface area contributed by atoms with Gasteiger partial charge < -0.3 is 10.4 Å². The second-order valence-corrected chi connectivity index (χ2v) is 7.00. The fraction of sp³-hybridized carbons (Fsp3) is 1.00. The average Bonchev–Trinajstić information content (AvgIpc) is 2.79. The van der Waals surface area contributed by atoms with Gasteiger partial charge in [-0.15, -0.1) is 0 Å². The van der Waals surface area contributed by atoms with Crippen molar-refractivity contribution in [1.82, 2.24) is 9.62 Å². The Morgan fingerprint density at radius 2 is 2.05 bits per heavy atom. The molecule has 1 unspecified atom stereocenters. The molecule has 1 aliphatic rings. The lowest BCUT2D eigenvalue weighted by Crippen LogP contribution is -2.43. The van der Waals surface area contributed by atoms with Gasteiger partial charge in [0.1, 0.15) is 0 Å². The van der Waals surface area contributed by atoms with E-state index in [2.05, 4.69) is 5.32 Å². The van der Waals surface area contributed by atoms with Crippen molar-refractivity contribution in [3.8, 4) is 0 Å². The minimum atomic E-state index is -4.34. The molecule has 1 rings (SSSR count). The van der Waals surface area contributed by atoms with E-state index < -0.39 is 34.8 Å². The second kappa shape index (κ2) is 7.58. The lowest BCUT2D eigenvalue weighted by atomic mass is 10.2. The molecule has 0 amide bonds. The van der Waals surface area contributed by atoms with Crippen LogP contribution in [0.3, 0.4) is 0 Å². The molecule has 0 aliphatic carbocycles. The van der Waals surface area contributed by atoms with Gasteiger partial charge in [-0.2, -0.15) is 17.5 Å². The Morgan fingerprint density at radius 1 is 1.35 bits per heavy atom. The first-order chi connectivity index (χ1) is 9.24. The van der Waals surface area contributed by atoms with E-state index in [9.17, 15) is 21.6 Å².